The minimum absolute atomic E-state index is 0.143. The first-order valence-electron chi connectivity index (χ1n) is 10.8. The second kappa shape index (κ2) is 14.7. The molecule has 0 radical (unpaired) electrons. The van der Waals surface area contributed by atoms with Crippen molar-refractivity contribution in [2.45, 2.75) is 103 Å². The van der Waals surface area contributed by atoms with Gasteiger partial charge in [0.15, 0.2) is 0 Å². The number of carbonyl (C=O) groups is 1. The Kier molecular flexibility index (Phi) is 12.9. The highest BCUT2D eigenvalue weighted by Crippen LogP contribution is 2.35. The molecule has 1 rings (SSSR count). The molecule has 0 aromatic rings. The van der Waals surface area contributed by atoms with Crippen LogP contribution in [0.3, 0.4) is 0 Å². The molecular formula is C23H38O4. The van der Waals surface area contributed by atoms with Gasteiger partial charge in [0.1, 0.15) is 0 Å². The fraction of sp³-hybridized carbons (Fsp3) is 0.783. The van der Waals surface area contributed by atoms with Crippen molar-refractivity contribution in [3.8, 4) is 11.8 Å². The third-order valence-electron chi connectivity index (χ3n) is 5.43. The average Bonchev–Trinajstić information content (AvgIpc) is 2.98. The standard InChI is InChI=1S/C23H38O4/c1-2-3-4-6-9-12-20(24)17-15-19-16-18-22(25)21(19)13-10-7-5-8-11-14-23(26)27/h15,17,19-22,24-25H,2-6,8-9,11-14,16,18H2,1H3,(H,26,27). The molecule has 0 spiro atoms. The van der Waals surface area contributed by atoms with Crippen LogP contribution < -0.4 is 0 Å². The zero-order valence-corrected chi connectivity index (χ0v) is 16.9. The lowest BCUT2D eigenvalue weighted by Gasteiger charge is -2.17. The lowest BCUT2D eigenvalue weighted by Crippen LogP contribution is -2.17. The number of aliphatic hydroxyl groups is 2. The van der Waals surface area contributed by atoms with E-state index in [-0.39, 0.29) is 30.5 Å². The Morgan fingerprint density at radius 3 is 2.63 bits per heavy atom. The maximum atomic E-state index is 10.5. The highest BCUT2D eigenvalue weighted by atomic mass is 16.4. The van der Waals surface area contributed by atoms with Gasteiger partial charge in [-0.1, -0.05) is 51.2 Å². The Balaban J connectivity index is 2.30. The van der Waals surface area contributed by atoms with E-state index in [1.807, 2.05) is 6.08 Å². The Morgan fingerprint density at radius 2 is 1.89 bits per heavy atom. The van der Waals surface area contributed by atoms with Crippen LogP contribution in [0.1, 0.15) is 90.4 Å². The topological polar surface area (TPSA) is 77.8 Å². The zero-order chi connectivity index (χ0) is 19.9. The number of aliphatic carboxylic acids is 1. The molecule has 27 heavy (non-hydrogen) atoms. The number of aliphatic hydroxyl groups excluding tert-OH is 2. The number of allylic oxidation sites excluding steroid dienone is 1. The number of rotatable bonds is 13. The van der Waals surface area contributed by atoms with Crippen LogP contribution in [-0.2, 0) is 4.79 Å². The summed E-state index contributed by atoms with van der Waals surface area (Å²) in [5.41, 5.74) is 0. The van der Waals surface area contributed by atoms with E-state index in [4.69, 9.17) is 5.11 Å². The summed E-state index contributed by atoms with van der Waals surface area (Å²) in [4.78, 5) is 10.5. The molecule has 0 aromatic heterocycles. The molecule has 0 aromatic carbocycles. The van der Waals surface area contributed by atoms with Crippen LogP contribution in [0.2, 0.25) is 0 Å². The van der Waals surface area contributed by atoms with Gasteiger partial charge in [0.25, 0.3) is 0 Å². The van der Waals surface area contributed by atoms with Gasteiger partial charge in [-0.2, -0.15) is 0 Å². The van der Waals surface area contributed by atoms with Crippen LogP contribution in [-0.4, -0.2) is 33.5 Å². The third kappa shape index (κ3) is 11.2. The van der Waals surface area contributed by atoms with E-state index < -0.39 is 5.97 Å². The molecule has 0 aliphatic heterocycles. The van der Waals surface area contributed by atoms with Gasteiger partial charge in [-0.05, 0) is 38.0 Å². The quantitative estimate of drug-likeness (QED) is 0.247. The fourth-order valence-corrected chi connectivity index (χ4v) is 3.70. The maximum absolute atomic E-state index is 10.5. The molecule has 0 saturated heterocycles. The molecule has 1 saturated carbocycles. The average molecular weight is 379 g/mol. The highest BCUT2D eigenvalue weighted by Gasteiger charge is 2.32. The van der Waals surface area contributed by atoms with Crippen molar-refractivity contribution in [1.82, 2.24) is 0 Å². The summed E-state index contributed by atoms with van der Waals surface area (Å²) in [7, 11) is 0. The Hall–Kier alpha value is -1.31. The highest BCUT2D eigenvalue weighted by molar-refractivity contribution is 5.66. The molecule has 3 N–H and O–H groups in total. The molecule has 4 nitrogen and oxygen atoms in total. The minimum Gasteiger partial charge on any atom is -0.481 e. The summed E-state index contributed by atoms with van der Waals surface area (Å²) in [6.45, 7) is 2.20. The van der Waals surface area contributed by atoms with E-state index in [9.17, 15) is 15.0 Å². The molecule has 4 atom stereocenters. The molecule has 1 aliphatic rings. The SMILES string of the molecule is CCCCCCCC(O)C=CC1CCC(O)C1CC#CCCCCC(=O)O. The van der Waals surface area contributed by atoms with E-state index in [0.29, 0.717) is 19.3 Å². The number of hydrogen-bond acceptors (Lipinski definition) is 3. The largest absolute Gasteiger partial charge is 0.481 e. The fourth-order valence-electron chi connectivity index (χ4n) is 3.70. The summed E-state index contributed by atoms with van der Waals surface area (Å²) >= 11 is 0. The summed E-state index contributed by atoms with van der Waals surface area (Å²) in [5.74, 6) is 5.95. The van der Waals surface area contributed by atoms with Gasteiger partial charge in [-0.15, -0.1) is 11.8 Å². The molecule has 4 unspecified atom stereocenters. The lowest BCUT2D eigenvalue weighted by atomic mass is 9.91. The van der Waals surface area contributed by atoms with E-state index in [0.717, 1.165) is 32.1 Å². The lowest BCUT2D eigenvalue weighted by molar-refractivity contribution is -0.137. The van der Waals surface area contributed by atoms with Gasteiger partial charge in [0, 0.05) is 25.2 Å². The van der Waals surface area contributed by atoms with Crippen molar-refractivity contribution in [3.05, 3.63) is 12.2 Å². The first kappa shape index (κ1) is 23.7. The van der Waals surface area contributed by atoms with E-state index in [1.54, 1.807) is 0 Å². The first-order valence-corrected chi connectivity index (χ1v) is 10.8. The van der Waals surface area contributed by atoms with Crippen LogP contribution in [0, 0.1) is 23.7 Å². The maximum Gasteiger partial charge on any atom is 0.303 e. The van der Waals surface area contributed by atoms with Gasteiger partial charge in [0.05, 0.1) is 12.2 Å². The monoisotopic (exact) mass is 378 g/mol. The predicted octanol–water partition coefficient (Wildman–Crippen LogP) is 4.69. The normalized spacial score (nSPS) is 23.3. The molecule has 1 aliphatic carbocycles. The van der Waals surface area contributed by atoms with Crippen molar-refractivity contribution in [2.75, 3.05) is 0 Å². The zero-order valence-electron chi connectivity index (χ0n) is 16.9. The predicted molar refractivity (Wildman–Crippen MR) is 109 cm³/mol. The Morgan fingerprint density at radius 1 is 1.11 bits per heavy atom. The van der Waals surface area contributed by atoms with Crippen molar-refractivity contribution in [1.29, 1.82) is 0 Å². The second-order valence-electron chi connectivity index (χ2n) is 7.79. The van der Waals surface area contributed by atoms with Gasteiger partial charge >= 0.3 is 5.97 Å². The van der Waals surface area contributed by atoms with Gasteiger partial charge in [0.2, 0.25) is 0 Å². The van der Waals surface area contributed by atoms with E-state index in [1.165, 1.54) is 25.7 Å². The number of carboxylic acid groups (broad SMARTS) is 1. The van der Waals surface area contributed by atoms with Crippen LogP contribution in [0.15, 0.2) is 12.2 Å². The van der Waals surface area contributed by atoms with Crippen LogP contribution in [0.4, 0.5) is 0 Å². The van der Waals surface area contributed by atoms with Crippen LogP contribution >= 0.6 is 0 Å². The molecule has 4 heteroatoms. The molecule has 0 bridgehead atoms. The van der Waals surface area contributed by atoms with Gasteiger partial charge < -0.3 is 15.3 Å². The molecule has 154 valence electrons. The van der Waals surface area contributed by atoms with E-state index in [2.05, 4.69) is 24.8 Å². The Bertz CT molecular complexity index is 488. The van der Waals surface area contributed by atoms with Crippen molar-refractivity contribution < 1.29 is 20.1 Å². The minimum atomic E-state index is -0.755. The van der Waals surface area contributed by atoms with Crippen LogP contribution in [0.25, 0.3) is 0 Å². The summed E-state index contributed by atoms with van der Waals surface area (Å²) < 4.78 is 0. The summed E-state index contributed by atoms with van der Waals surface area (Å²) in [6.07, 6.45) is 14.9. The summed E-state index contributed by atoms with van der Waals surface area (Å²) in [6, 6.07) is 0. The number of hydrogen-bond donors (Lipinski definition) is 3. The van der Waals surface area contributed by atoms with Crippen molar-refractivity contribution >= 4 is 5.97 Å². The van der Waals surface area contributed by atoms with Gasteiger partial charge in [-0.25, -0.2) is 0 Å². The smallest absolute Gasteiger partial charge is 0.303 e. The van der Waals surface area contributed by atoms with Crippen molar-refractivity contribution in [2.24, 2.45) is 11.8 Å². The number of carboxylic acids is 1. The van der Waals surface area contributed by atoms with E-state index >= 15 is 0 Å². The first-order chi connectivity index (χ1) is 13.0. The molecular weight excluding hydrogens is 340 g/mol. The molecule has 0 amide bonds. The van der Waals surface area contributed by atoms with Crippen molar-refractivity contribution in [3.63, 3.8) is 0 Å². The second-order valence-corrected chi connectivity index (χ2v) is 7.79. The van der Waals surface area contributed by atoms with Gasteiger partial charge in [-0.3, -0.25) is 4.79 Å². The third-order valence-corrected chi connectivity index (χ3v) is 5.43. The Labute approximate surface area is 165 Å². The van der Waals surface area contributed by atoms with Crippen LogP contribution in [0.5, 0.6) is 0 Å². The summed E-state index contributed by atoms with van der Waals surface area (Å²) in [5, 5.41) is 29.0. The number of unbranched alkanes of at least 4 members (excludes halogenated alkanes) is 6. The molecule has 0 heterocycles. The molecule has 1 fully saturated rings.